The quantitative estimate of drug-likeness (QED) is 0.401. The first-order valence-electron chi connectivity index (χ1n) is 11.6. The molecule has 0 radical (unpaired) electrons. The van der Waals surface area contributed by atoms with Crippen molar-refractivity contribution in [2.45, 2.75) is 58.1 Å². The fourth-order valence-electron chi connectivity index (χ4n) is 4.23. The molecular weight excluding hydrogens is 450 g/mol. The van der Waals surface area contributed by atoms with Gasteiger partial charge in [-0.25, -0.2) is 14.8 Å². The minimum Gasteiger partial charge on any atom is -0.487 e. The molecule has 0 spiro atoms. The number of hydrogen-bond donors (Lipinski definition) is 1. The molecule has 1 saturated heterocycles. The zero-order chi connectivity index (χ0) is 24.3. The molecule has 6 nitrogen and oxygen atoms in total. The van der Waals surface area contributed by atoms with E-state index in [0.29, 0.717) is 22.4 Å². The summed E-state index contributed by atoms with van der Waals surface area (Å²) in [5, 5.41) is 10.4. The van der Waals surface area contributed by atoms with Gasteiger partial charge in [0.25, 0.3) is 0 Å². The van der Waals surface area contributed by atoms with Crippen molar-refractivity contribution in [2.75, 3.05) is 11.4 Å². The molecule has 7 heteroatoms. The van der Waals surface area contributed by atoms with Crippen molar-refractivity contribution in [1.29, 1.82) is 0 Å². The molecule has 1 N–H and O–H groups in total. The molecule has 0 saturated carbocycles. The van der Waals surface area contributed by atoms with Gasteiger partial charge in [0, 0.05) is 17.8 Å². The van der Waals surface area contributed by atoms with E-state index in [-0.39, 0.29) is 23.6 Å². The smallest absolute Gasteiger partial charge is 0.339 e. The Morgan fingerprint density at radius 3 is 2.53 bits per heavy atom. The van der Waals surface area contributed by atoms with E-state index in [1.165, 1.54) is 11.8 Å². The Kier molecular flexibility index (Phi) is 7.08. The summed E-state index contributed by atoms with van der Waals surface area (Å²) in [7, 11) is 0. The predicted molar refractivity (Wildman–Crippen MR) is 134 cm³/mol. The lowest BCUT2D eigenvalue weighted by atomic mass is 9.82. The number of aromatic carboxylic acids is 1. The molecule has 0 bridgehead atoms. The summed E-state index contributed by atoms with van der Waals surface area (Å²) in [5.41, 5.74) is 2.88. The van der Waals surface area contributed by atoms with Gasteiger partial charge in [-0.1, -0.05) is 56.6 Å². The molecule has 0 amide bonds. The maximum absolute atomic E-state index is 11.8. The molecule has 3 aromatic rings. The average Bonchev–Trinajstić information content (AvgIpc) is 3.33. The van der Waals surface area contributed by atoms with E-state index in [4.69, 9.17) is 16.3 Å². The van der Waals surface area contributed by atoms with Gasteiger partial charge in [0.05, 0.1) is 11.7 Å². The molecule has 0 aliphatic carbocycles. The molecule has 34 heavy (non-hydrogen) atoms. The van der Waals surface area contributed by atoms with Crippen molar-refractivity contribution >= 4 is 23.5 Å². The second-order valence-electron chi connectivity index (χ2n) is 9.29. The molecule has 1 aliphatic heterocycles. The van der Waals surface area contributed by atoms with E-state index < -0.39 is 5.97 Å². The highest BCUT2D eigenvalue weighted by atomic mass is 35.5. The van der Waals surface area contributed by atoms with Crippen molar-refractivity contribution in [3.63, 3.8) is 0 Å². The summed E-state index contributed by atoms with van der Waals surface area (Å²) in [6.45, 7) is 7.43. The minimum absolute atomic E-state index is 0.0487. The number of nitrogens with zero attached hydrogens (tertiary/aromatic N) is 3. The van der Waals surface area contributed by atoms with E-state index in [1.807, 2.05) is 36.4 Å². The SMILES string of the molecule is CCC(C)(C)c1ccc(OCc2nc(N3CCCC3c3ccc(Cl)cc3)ncc2C(=O)O)cc1. The van der Waals surface area contributed by atoms with Gasteiger partial charge in [-0.05, 0) is 60.1 Å². The second-order valence-corrected chi connectivity index (χ2v) is 9.73. The van der Waals surface area contributed by atoms with Crippen LogP contribution >= 0.6 is 11.6 Å². The number of hydrogen-bond acceptors (Lipinski definition) is 5. The Hall–Kier alpha value is -3.12. The molecule has 2 aromatic carbocycles. The van der Waals surface area contributed by atoms with Gasteiger partial charge >= 0.3 is 5.97 Å². The van der Waals surface area contributed by atoms with Crippen molar-refractivity contribution in [1.82, 2.24) is 9.97 Å². The van der Waals surface area contributed by atoms with Gasteiger partial charge in [-0.3, -0.25) is 0 Å². The summed E-state index contributed by atoms with van der Waals surface area (Å²) >= 11 is 6.06. The van der Waals surface area contributed by atoms with Crippen molar-refractivity contribution in [2.24, 2.45) is 0 Å². The van der Waals surface area contributed by atoms with Gasteiger partial charge in [-0.15, -0.1) is 0 Å². The average molecular weight is 480 g/mol. The highest BCUT2D eigenvalue weighted by Crippen LogP contribution is 2.35. The third kappa shape index (κ3) is 5.17. The molecule has 2 heterocycles. The van der Waals surface area contributed by atoms with Crippen LogP contribution in [-0.4, -0.2) is 27.6 Å². The minimum atomic E-state index is -1.07. The first kappa shape index (κ1) is 24.0. The number of ether oxygens (including phenoxy) is 1. The van der Waals surface area contributed by atoms with E-state index in [2.05, 4.69) is 47.8 Å². The van der Waals surface area contributed by atoms with Crippen molar-refractivity contribution < 1.29 is 14.6 Å². The molecule has 1 unspecified atom stereocenters. The summed E-state index contributed by atoms with van der Waals surface area (Å²) in [4.78, 5) is 23.0. The van der Waals surface area contributed by atoms with E-state index in [1.54, 1.807) is 0 Å². The Labute approximate surface area is 205 Å². The number of carboxylic acid groups (broad SMARTS) is 1. The van der Waals surface area contributed by atoms with Crippen LogP contribution in [0.5, 0.6) is 5.75 Å². The van der Waals surface area contributed by atoms with Gasteiger partial charge in [-0.2, -0.15) is 0 Å². The number of anilines is 1. The van der Waals surface area contributed by atoms with Crippen LogP contribution < -0.4 is 9.64 Å². The lowest BCUT2D eigenvalue weighted by Gasteiger charge is -2.25. The standard InChI is InChI=1S/C27H30ClN3O3/c1-4-27(2,3)19-9-13-21(14-10-19)34-17-23-22(25(32)33)16-29-26(30-23)31-15-5-6-24(31)18-7-11-20(28)12-8-18/h7-14,16,24H,4-6,15,17H2,1-3H3,(H,32,33). The normalized spacial score (nSPS) is 16.0. The summed E-state index contributed by atoms with van der Waals surface area (Å²) in [6.07, 6.45) is 4.39. The topological polar surface area (TPSA) is 75.5 Å². The molecular formula is C27H30ClN3O3. The van der Waals surface area contributed by atoms with Gasteiger partial charge in [0.2, 0.25) is 5.95 Å². The van der Waals surface area contributed by atoms with Crippen LogP contribution in [0.4, 0.5) is 5.95 Å². The molecule has 1 fully saturated rings. The zero-order valence-corrected chi connectivity index (χ0v) is 20.5. The Morgan fingerprint density at radius 1 is 1.18 bits per heavy atom. The molecule has 1 aromatic heterocycles. The lowest BCUT2D eigenvalue weighted by Crippen LogP contribution is -2.26. The first-order valence-corrected chi connectivity index (χ1v) is 12.0. The molecule has 1 atom stereocenters. The number of carbonyl (C=O) groups is 1. The van der Waals surface area contributed by atoms with Crippen LogP contribution in [0.25, 0.3) is 0 Å². The Morgan fingerprint density at radius 2 is 1.88 bits per heavy atom. The summed E-state index contributed by atoms with van der Waals surface area (Å²) in [6, 6.07) is 15.9. The van der Waals surface area contributed by atoms with Crippen LogP contribution in [0.3, 0.4) is 0 Å². The highest BCUT2D eigenvalue weighted by molar-refractivity contribution is 6.30. The van der Waals surface area contributed by atoms with Crippen LogP contribution in [0, 0.1) is 0 Å². The number of rotatable bonds is 8. The van der Waals surface area contributed by atoms with E-state index in [0.717, 1.165) is 31.4 Å². The fourth-order valence-corrected chi connectivity index (χ4v) is 4.36. The van der Waals surface area contributed by atoms with Crippen molar-refractivity contribution in [3.05, 3.63) is 82.1 Å². The largest absolute Gasteiger partial charge is 0.487 e. The predicted octanol–water partition coefficient (Wildman–Crippen LogP) is 6.44. The number of aromatic nitrogens is 2. The van der Waals surface area contributed by atoms with Crippen LogP contribution in [0.1, 0.15) is 73.3 Å². The maximum atomic E-state index is 11.8. The summed E-state index contributed by atoms with van der Waals surface area (Å²) in [5.74, 6) is 0.120. The number of benzene rings is 2. The third-order valence-corrected chi connectivity index (χ3v) is 7.00. The third-order valence-electron chi connectivity index (χ3n) is 6.75. The zero-order valence-electron chi connectivity index (χ0n) is 19.8. The van der Waals surface area contributed by atoms with Gasteiger partial charge in [0.15, 0.2) is 0 Å². The first-order chi connectivity index (χ1) is 16.3. The molecule has 4 rings (SSSR count). The fraction of sp³-hybridized carbons (Fsp3) is 0.370. The Bertz CT molecular complexity index is 1150. The summed E-state index contributed by atoms with van der Waals surface area (Å²) < 4.78 is 5.94. The number of halogens is 1. The van der Waals surface area contributed by atoms with E-state index in [9.17, 15) is 9.90 Å². The Balaban J connectivity index is 1.55. The van der Waals surface area contributed by atoms with Gasteiger partial charge in [0.1, 0.15) is 17.9 Å². The highest BCUT2D eigenvalue weighted by Gasteiger charge is 2.29. The van der Waals surface area contributed by atoms with E-state index >= 15 is 0 Å². The van der Waals surface area contributed by atoms with Crippen LogP contribution in [-0.2, 0) is 12.0 Å². The van der Waals surface area contributed by atoms with Crippen LogP contribution in [0.15, 0.2) is 54.7 Å². The second kappa shape index (κ2) is 10.0. The lowest BCUT2D eigenvalue weighted by molar-refractivity contribution is 0.0692. The monoisotopic (exact) mass is 479 g/mol. The molecule has 178 valence electrons. The van der Waals surface area contributed by atoms with Crippen molar-refractivity contribution in [3.8, 4) is 5.75 Å². The van der Waals surface area contributed by atoms with Gasteiger partial charge < -0.3 is 14.7 Å². The van der Waals surface area contributed by atoms with Crippen LogP contribution in [0.2, 0.25) is 5.02 Å². The number of carboxylic acids is 1. The molecule has 1 aliphatic rings. The maximum Gasteiger partial charge on any atom is 0.339 e.